The smallest absolute Gasteiger partial charge is 0.255 e. The van der Waals surface area contributed by atoms with Crippen molar-refractivity contribution in [2.75, 3.05) is 36.1 Å². The molecule has 2 aromatic heterocycles. The molecular weight excluding hydrogens is 495 g/mol. The lowest BCUT2D eigenvalue weighted by molar-refractivity contribution is 0.102. The molecule has 0 radical (unpaired) electrons. The van der Waals surface area contributed by atoms with Crippen LogP contribution in [0.2, 0.25) is 0 Å². The van der Waals surface area contributed by atoms with Crippen molar-refractivity contribution in [3.8, 4) is 5.82 Å². The van der Waals surface area contributed by atoms with Crippen LogP contribution >= 0.6 is 0 Å². The molecule has 0 bridgehead atoms. The summed E-state index contributed by atoms with van der Waals surface area (Å²) >= 11 is 0. The van der Waals surface area contributed by atoms with E-state index in [0.717, 1.165) is 30.0 Å². The Morgan fingerprint density at radius 2 is 2.03 bits per heavy atom. The number of nitrogens with one attached hydrogen (secondary N) is 3. The Kier molecular flexibility index (Phi) is 8.12. The van der Waals surface area contributed by atoms with Crippen molar-refractivity contribution in [2.45, 2.75) is 38.9 Å². The number of alkyl halides is 1. The van der Waals surface area contributed by atoms with Gasteiger partial charge in [-0.1, -0.05) is 18.2 Å². The van der Waals surface area contributed by atoms with Crippen molar-refractivity contribution in [3.63, 3.8) is 0 Å². The lowest BCUT2D eigenvalue weighted by atomic mass is 10.1. The largest absolute Gasteiger partial charge is 0.370 e. The first kappa shape index (κ1) is 26.3. The molecule has 1 aliphatic rings. The van der Waals surface area contributed by atoms with E-state index < -0.39 is 6.67 Å². The molecule has 1 amide bonds. The third-order valence-electron chi connectivity index (χ3n) is 7.08. The van der Waals surface area contributed by atoms with E-state index in [2.05, 4.69) is 42.8 Å². The van der Waals surface area contributed by atoms with Gasteiger partial charge in [-0.2, -0.15) is 0 Å². The maximum absolute atomic E-state index is 13.0. The minimum atomic E-state index is -0.617. The van der Waals surface area contributed by atoms with Crippen LogP contribution in [0.15, 0.2) is 67.3 Å². The maximum atomic E-state index is 13.0. The van der Waals surface area contributed by atoms with E-state index in [-0.39, 0.29) is 5.91 Å². The van der Waals surface area contributed by atoms with Crippen molar-refractivity contribution < 1.29 is 9.18 Å². The first-order valence-corrected chi connectivity index (χ1v) is 13.1. The van der Waals surface area contributed by atoms with Gasteiger partial charge in [0.2, 0.25) is 5.95 Å². The number of likely N-dealkylation sites (tertiary alicyclic amines) is 1. The van der Waals surface area contributed by atoms with Crippen LogP contribution in [0.1, 0.15) is 40.7 Å². The number of halogens is 1. The van der Waals surface area contributed by atoms with Gasteiger partial charge < -0.3 is 20.9 Å². The molecule has 3 heterocycles. The van der Waals surface area contributed by atoms with Gasteiger partial charge in [0.15, 0.2) is 0 Å². The Bertz CT molecular complexity index is 1440. The van der Waals surface area contributed by atoms with E-state index >= 15 is 0 Å². The number of hydrogen-bond donors (Lipinski definition) is 3. The van der Waals surface area contributed by atoms with Crippen LogP contribution in [0.4, 0.5) is 27.5 Å². The summed E-state index contributed by atoms with van der Waals surface area (Å²) in [7, 11) is 2.19. The summed E-state index contributed by atoms with van der Waals surface area (Å²) in [4.78, 5) is 28.5. The monoisotopic (exact) mass is 528 g/mol. The van der Waals surface area contributed by atoms with Gasteiger partial charge in [-0.05, 0) is 75.2 Å². The quantitative estimate of drug-likeness (QED) is 0.256. The zero-order valence-corrected chi connectivity index (χ0v) is 22.2. The molecule has 1 unspecified atom stereocenters. The number of rotatable bonds is 10. The predicted molar refractivity (Wildman–Crippen MR) is 152 cm³/mol. The second-order valence-corrected chi connectivity index (χ2v) is 9.82. The second-order valence-electron chi connectivity index (χ2n) is 9.82. The Morgan fingerprint density at radius 3 is 2.85 bits per heavy atom. The Hall–Kier alpha value is -4.31. The fourth-order valence-electron chi connectivity index (χ4n) is 4.82. The molecular formula is C29H33FN8O. The number of anilines is 4. The Balaban J connectivity index is 1.27. The van der Waals surface area contributed by atoms with E-state index in [0.29, 0.717) is 34.6 Å². The topological polar surface area (TPSA) is 100 Å². The van der Waals surface area contributed by atoms with Crippen molar-refractivity contribution in [2.24, 2.45) is 0 Å². The molecule has 1 atom stereocenters. The third kappa shape index (κ3) is 6.40. The molecule has 0 spiro atoms. The van der Waals surface area contributed by atoms with Gasteiger partial charge in [0.25, 0.3) is 5.91 Å². The molecule has 10 heteroatoms. The normalized spacial score (nSPS) is 15.3. The maximum Gasteiger partial charge on any atom is 0.255 e. The van der Waals surface area contributed by atoms with E-state index in [4.69, 9.17) is 0 Å². The van der Waals surface area contributed by atoms with Gasteiger partial charge in [-0.25, -0.2) is 19.3 Å². The zero-order valence-electron chi connectivity index (χ0n) is 22.2. The highest BCUT2D eigenvalue weighted by atomic mass is 19.1. The molecule has 4 aromatic rings. The molecule has 202 valence electrons. The molecule has 0 aliphatic carbocycles. The average molecular weight is 529 g/mol. The van der Waals surface area contributed by atoms with E-state index in [1.54, 1.807) is 36.8 Å². The van der Waals surface area contributed by atoms with Crippen LogP contribution < -0.4 is 16.0 Å². The average Bonchev–Trinajstić information content (AvgIpc) is 3.59. The minimum Gasteiger partial charge on any atom is -0.370 e. The summed E-state index contributed by atoms with van der Waals surface area (Å²) in [6.07, 6.45) is 8.66. The number of nitrogens with zero attached hydrogens (tertiary/aromatic N) is 5. The minimum absolute atomic E-state index is 0.304. The number of amides is 1. The van der Waals surface area contributed by atoms with Crippen LogP contribution in [-0.4, -0.2) is 56.5 Å². The predicted octanol–water partition coefficient (Wildman–Crippen LogP) is 5.33. The first-order valence-electron chi connectivity index (χ1n) is 13.1. The standard InChI is InChI=1S/C29H33FN8O/c1-20-8-9-23(35-28(39)22-6-3-5-21(15-22)18-30)16-25(20)36-29-32-12-14-38(29)27-17-26(33-19-34-27)31-11-10-24-7-4-13-37(24)2/h3,5-6,8-9,12,14-17,19,24H,4,7,10-11,13,18H2,1-2H3,(H,32,36)(H,35,39)(H,31,33,34). The third-order valence-corrected chi connectivity index (χ3v) is 7.08. The summed E-state index contributed by atoms with van der Waals surface area (Å²) in [5.74, 6) is 1.72. The molecule has 39 heavy (non-hydrogen) atoms. The fourth-order valence-corrected chi connectivity index (χ4v) is 4.82. The second kappa shape index (κ2) is 12.0. The van der Waals surface area contributed by atoms with Crippen LogP contribution in [-0.2, 0) is 6.67 Å². The van der Waals surface area contributed by atoms with Crippen LogP contribution in [0.25, 0.3) is 5.82 Å². The van der Waals surface area contributed by atoms with Gasteiger partial charge >= 0.3 is 0 Å². The number of aryl methyl sites for hydroxylation is 1. The number of imidazole rings is 1. The van der Waals surface area contributed by atoms with Gasteiger partial charge in [-0.15, -0.1) is 0 Å². The lowest BCUT2D eigenvalue weighted by Crippen LogP contribution is -2.27. The SMILES string of the molecule is Cc1ccc(NC(=O)c2cccc(CF)c2)cc1Nc1nccn1-c1cc(NCCC2CCCN2C)ncn1. The van der Waals surface area contributed by atoms with Crippen molar-refractivity contribution in [3.05, 3.63) is 83.9 Å². The molecule has 1 fully saturated rings. The zero-order chi connectivity index (χ0) is 27.2. The highest BCUT2D eigenvalue weighted by Crippen LogP contribution is 2.26. The van der Waals surface area contributed by atoms with Crippen LogP contribution in [0, 0.1) is 6.92 Å². The summed E-state index contributed by atoms with van der Waals surface area (Å²) in [5.41, 5.74) is 3.23. The van der Waals surface area contributed by atoms with E-state index in [1.165, 1.54) is 19.4 Å². The number of hydrogen-bond acceptors (Lipinski definition) is 7. The molecule has 9 nitrogen and oxygen atoms in total. The molecule has 3 N–H and O–H groups in total. The number of carbonyl (C=O) groups excluding carboxylic acids is 1. The van der Waals surface area contributed by atoms with E-state index in [9.17, 15) is 9.18 Å². The van der Waals surface area contributed by atoms with Crippen LogP contribution in [0.5, 0.6) is 0 Å². The van der Waals surface area contributed by atoms with Gasteiger partial charge in [0.05, 0.1) is 0 Å². The molecule has 2 aromatic carbocycles. The number of aromatic nitrogens is 4. The van der Waals surface area contributed by atoms with Gasteiger partial charge in [0.1, 0.15) is 24.6 Å². The highest BCUT2D eigenvalue weighted by Gasteiger charge is 2.20. The Morgan fingerprint density at radius 1 is 1.13 bits per heavy atom. The summed E-state index contributed by atoms with van der Waals surface area (Å²) in [6, 6.07) is 14.7. The van der Waals surface area contributed by atoms with Crippen molar-refractivity contribution >= 4 is 29.0 Å². The van der Waals surface area contributed by atoms with Gasteiger partial charge in [0, 0.05) is 48.0 Å². The van der Waals surface area contributed by atoms with Gasteiger partial charge in [-0.3, -0.25) is 9.36 Å². The molecule has 0 saturated carbocycles. The lowest BCUT2D eigenvalue weighted by Gasteiger charge is -2.19. The summed E-state index contributed by atoms with van der Waals surface area (Å²) in [5, 5.41) is 9.68. The number of carbonyl (C=O) groups is 1. The molecule has 1 aliphatic heterocycles. The van der Waals surface area contributed by atoms with Crippen LogP contribution in [0.3, 0.4) is 0 Å². The fraction of sp³-hybridized carbons (Fsp3) is 0.310. The van der Waals surface area contributed by atoms with Crippen molar-refractivity contribution in [1.29, 1.82) is 0 Å². The molecule has 5 rings (SSSR count). The highest BCUT2D eigenvalue weighted by molar-refractivity contribution is 6.04. The van der Waals surface area contributed by atoms with Crippen molar-refractivity contribution in [1.82, 2.24) is 24.4 Å². The number of benzene rings is 2. The summed E-state index contributed by atoms with van der Waals surface area (Å²) in [6.45, 7) is 3.37. The Labute approximate surface area is 227 Å². The van der Waals surface area contributed by atoms with E-state index in [1.807, 2.05) is 42.0 Å². The molecule has 1 saturated heterocycles. The summed E-state index contributed by atoms with van der Waals surface area (Å²) < 4.78 is 14.9. The first-order chi connectivity index (χ1) is 19.0.